The molecule has 0 aliphatic heterocycles. The van der Waals surface area contributed by atoms with E-state index in [2.05, 4.69) is 240 Å². The van der Waals surface area contributed by atoms with Crippen molar-refractivity contribution in [2.45, 2.75) is 0 Å². The lowest BCUT2D eigenvalue weighted by molar-refractivity contribution is 1.18. The molecule has 0 radical (unpaired) electrons. The molecule has 0 unspecified atom stereocenters. The molecule has 0 fully saturated rings. The van der Waals surface area contributed by atoms with Gasteiger partial charge >= 0.3 is 0 Å². The first-order chi connectivity index (χ1) is 27.8. The van der Waals surface area contributed by atoms with Crippen LogP contribution in [0.1, 0.15) is 0 Å². The number of nitrogens with zero attached hydrogens (tertiary/aromatic N) is 2. The summed E-state index contributed by atoms with van der Waals surface area (Å²) in [6, 6.07) is 82.9. The minimum atomic E-state index is 1.12. The molecular weight excluding hydrogens is 677 g/mol. The summed E-state index contributed by atoms with van der Waals surface area (Å²) in [7, 11) is 0. The van der Waals surface area contributed by atoms with Crippen LogP contribution >= 0.6 is 0 Å². The molecule has 1 heterocycles. The zero-order valence-corrected chi connectivity index (χ0v) is 30.8. The lowest BCUT2D eigenvalue weighted by atomic mass is 9.97. The van der Waals surface area contributed by atoms with Crippen molar-refractivity contribution in [2.24, 2.45) is 0 Å². The van der Waals surface area contributed by atoms with Crippen LogP contribution < -0.4 is 4.90 Å². The Balaban J connectivity index is 0.892. The minimum absolute atomic E-state index is 1.12. The van der Waals surface area contributed by atoms with E-state index in [1.165, 1.54) is 72.0 Å². The molecule has 0 amide bonds. The predicted molar refractivity (Wildman–Crippen MR) is 237 cm³/mol. The highest BCUT2D eigenvalue weighted by Gasteiger charge is 2.15. The highest BCUT2D eigenvalue weighted by atomic mass is 15.1. The van der Waals surface area contributed by atoms with E-state index in [1.807, 2.05) is 0 Å². The fourth-order valence-corrected chi connectivity index (χ4v) is 7.98. The molecule has 0 saturated heterocycles. The zero-order valence-electron chi connectivity index (χ0n) is 30.8. The van der Waals surface area contributed by atoms with Gasteiger partial charge < -0.3 is 9.47 Å². The Bertz CT molecular complexity index is 2890. The van der Waals surface area contributed by atoms with Gasteiger partial charge in [-0.25, -0.2) is 0 Å². The molecule has 0 N–H and O–H groups in total. The molecule has 0 aliphatic rings. The average Bonchev–Trinajstić information content (AvgIpc) is 3.62. The van der Waals surface area contributed by atoms with Crippen LogP contribution in [-0.2, 0) is 0 Å². The number of para-hydroxylation sites is 3. The van der Waals surface area contributed by atoms with Crippen molar-refractivity contribution in [1.29, 1.82) is 0 Å². The predicted octanol–water partition coefficient (Wildman–Crippen LogP) is 14.9. The summed E-state index contributed by atoms with van der Waals surface area (Å²) in [6.07, 6.45) is 0. The zero-order chi connectivity index (χ0) is 37.3. The van der Waals surface area contributed by atoms with E-state index in [-0.39, 0.29) is 0 Å². The molecule has 264 valence electrons. The average molecular weight is 715 g/mol. The molecule has 2 nitrogen and oxygen atoms in total. The fourth-order valence-electron chi connectivity index (χ4n) is 7.98. The molecule has 9 aromatic carbocycles. The first-order valence-electron chi connectivity index (χ1n) is 19.2. The van der Waals surface area contributed by atoms with Gasteiger partial charge in [-0.05, 0) is 111 Å². The lowest BCUT2D eigenvalue weighted by Gasteiger charge is -2.26. The van der Waals surface area contributed by atoms with Crippen molar-refractivity contribution < 1.29 is 0 Å². The van der Waals surface area contributed by atoms with Crippen molar-refractivity contribution in [3.05, 3.63) is 231 Å². The smallest absolute Gasteiger partial charge is 0.0541 e. The molecule has 0 aliphatic carbocycles. The van der Waals surface area contributed by atoms with Gasteiger partial charge in [0.25, 0.3) is 0 Å². The molecule has 1 aromatic heterocycles. The SMILES string of the molecule is c1ccc(-c2ccc(N(c3ccccc3)c3ccc(-c4ccc(-c5ccc(-c6ccc7c(c6)c6ccccc6n7-c6ccccc6)cc5)cc4)cc3)cc2)cc1. The standard InChI is InChI=1S/C54H38N2/c1-4-12-39(13-5-1)43-28-33-49(34-29-43)55(47-14-6-2-7-15-47)50-35-30-44(31-36-50)42-22-20-40(21-23-42)41-24-26-45(27-25-41)46-32-37-54-52(38-46)51-18-10-11-19-53(51)56(54)48-16-8-3-9-17-48/h1-38H. The van der Waals surface area contributed by atoms with Crippen molar-refractivity contribution in [2.75, 3.05) is 4.90 Å². The van der Waals surface area contributed by atoms with Crippen LogP contribution in [0.4, 0.5) is 17.1 Å². The first-order valence-corrected chi connectivity index (χ1v) is 19.2. The van der Waals surface area contributed by atoms with Crippen LogP contribution in [-0.4, -0.2) is 4.57 Å². The third-order valence-corrected chi connectivity index (χ3v) is 10.8. The molecule has 10 rings (SSSR count). The Hall–Kier alpha value is -7.42. The van der Waals surface area contributed by atoms with E-state index in [0.29, 0.717) is 0 Å². The van der Waals surface area contributed by atoms with E-state index in [0.717, 1.165) is 17.1 Å². The number of benzene rings is 9. The van der Waals surface area contributed by atoms with Crippen LogP contribution in [0.3, 0.4) is 0 Å². The monoisotopic (exact) mass is 714 g/mol. The Kier molecular flexibility index (Phi) is 8.55. The van der Waals surface area contributed by atoms with Crippen molar-refractivity contribution in [3.63, 3.8) is 0 Å². The first kappa shape index (κ1) is 33.2. The number of hydrogen-bond donors (Lipinski definition) is 0. The summed E-state index contributed by atoms with van der Waals surface area (Å²) in [5, 5.41) is 2.53. The number of anilines is 3. The van der Waals surface area contributed by atoms with Crippen molar-refractivity contribution in [3.8, 4) is 50.2 Å². The van der Waals surface area contributed by atoms with Crippen LogP contribution in [0.5, 0.6) is 0 Å². The summed E-state index contributed by atoms with van der Waals surface area (Å²) in [5.41, 5.74) is 16.6. The molecule has 0 spiro atoms. The maximum Gasteiger partial charge on any atom is 0.0541 e. The summed E-state index contributed by atoms with van der Waals surface area (Å²) in [6.45, 7) is 0. The van der Waals surface area contributed by atoms with Gasteiger partial charge in [0.2, 0.25) is 0 Å². The van der Waals surface area contributed by atoms with E-state index >= 15 is 0 Å². The Morgan fingerprint density at radius 1 is 0.250 bits per heavy atom. The quantitative estimate of drug-likeness (QED) is 0.152. The Labute approximate surface area is 327 Å². The topological polar surface area (TPSA) is 8.17 Å². The summed E-state index contributed by atoms with van der Waals surface area (Å²) in [4.78, 5) is 2.31. The number of hydrogen-bond acceptors (Lipinski definition) is 1. The molecule has 2 heteroatoms. The largest absolute Gasteiger partial charge is 0.311 e. The van der Waals surface area contributed by atoms with E-state index in [4.69, 9.17) is 0 Å². The fraction of sp³-hybridized carbons (Fsp3) is 0. The maximum atomic E-state index is 2.36. The normalized spacial score (nSPS) is 11.2. The lowest BCUT2D eigenvalue weighted by Crippen LogP contribution is -2.09. The molecule has 0 atom stereocenters. The summed E-state index contributed by atoms with van der Waals surface area (Å²) < 4.78 is 2.36. The number of aromatic nitrogens is 1. The highest BCUT2D eigenvalue weighted by molar-refractivity contribution is 6.10. The summed E-state index contributed by atoms with van der Waals surface area (Å²) >= 11 is 0. The van der Waals surface area contributed by atoms with Gasteiger partial charge in [-0.1, -0.05) is 164 Å². The Morgan fingerprint density at radius 2 is 0.607 bits per heavy atom. The molecule has 10 aromatic rings. The third kappa shape index (κ3) is 6.24. The van der Waals surface area contributed by atoms with Gasteiger partial charge in [0.1, 0.15) is 0 Å². The summed E-state index contributed by atoms with van der Waals surface area (Å²) in [5.74, 6) is 0. The number of fused-ring (bicyclic) bond motifs is 3. The highest BCUT2D eigenvalue weighted by Crippen LogP contribution is 2.38. The second-order valence-electron chi connectivity index (χ2n) is 14.2. The Morgan fingerprint density at radius 3 is 1.14 bits per heavy atom. The van der Waals surface area contributed by atoms with Gasteiger partial charge in [0, 0.05) is 33.5 Å². The van der Waals surface area contributed by atoms with Gasteiger partial charge in [-0.15, -0.1) is 0 Å². The van der Waals surface area contributed by atoms with Crippen LogP contribution in [0.2, 0.25) is 0 Å². The van der Waals surface area contributed by atoms with Gasteiger partial charge in [0.15, 0.2) is 0 Å². The van der Waals surface area contributed by atoms with Crippen LogP contribution in [0.25, 0.3) is 72.0 Å². The van der Waals surface area contributed by atoms with Gasteiger partial charge in [0.05, 0.1) is 11.0 Å². The third-order valence-electron chi connectivity index (χ3n) is 10.8. The van der Waals surface area contributed by atoms with Crippen LogP contribution in [0, 0.1) is 0 Å². The molecular formula is C54H38N2. The van der Waals surface area contributed by atoms with Crippen LogP contribution in [0.15, 0.2) is 231 Å². The second-order valence-corrected chi connectivity index (χ2v) is 14.2. The second kappa shape index (κ2) is 14.4. The van der Waals surface area contributed by atoms with Gasteiger partial charge in [-0.3, -0.25) is 0 Å². The van der Waals surface area contributed by atoms with E-state index in [9.17, 15) is 0 Å². The minimum Gasteiger partial charge on any atom is -0.311 e. The van der Waals surface area contributed by atoms with E-state index < -0.39 is 0 Å². The number of rotatable bonds is 8. The molecule has 56 heavy (non-hydrogen) atoms. The maximum absolute atomic E-state index is 2.36. The molecule has 0 bridgehead atoms. The van der Waals surface area contributed by atoms with E-state index in [1.54, 1.807) is 0 Å². The molecule has 0 saturated carbocycles. The van der Waals surface area contributed by atoms with Crippen molar-refractivity contribution in [1.82, 2.24) is 4.57 Å². The van der Waals surface area contributed by atoms with Crippen molar-refractivity contribution >= 4 is 38.9 Å². The van der Waals surface area contributed by atoms with Gasteiger partial charge in [-0.2, -0.15) is 0 Å².